The highest BCUT2D eigenvalue weighted by Gasteiger charge is 2.18. The van der Waals surface area contributed by atoms with E-state index in [4.69, 9.17) is 4.98 Å². The molecule has 0 atom stereocenters. The molecule has 0 fully saturated rings. The lowest BCUT2D eigenvalue weighted by Gasteiger charge is -2.09. The van der Waals surface area contributed by atoms with E-state index < -0.39 is 0 Å². The Kier molecular flexibility index (Phi) is 4.29. The molecule has 0 aliphatic heterocycles. The van der Waals surface area contributed by atoms with Crippen molar-refractivity contribution in [2.45, 2.75) is 6.92 Å². The van der Waals surface area contributed by atoms with Gasteiger partial charge in [-0.05, 0) is 71.8 Å². The summed E-state index contributed by atoms with van der Waals surface area (Å²) in [6, 6.07) is 23.5. The van der Waals surface area contributed by atoms with Gasteiger partial charge in [0.15, 0.2) is 0 Å². The van der Waals surface area contributed by atoms with Crippen LogP contribution in [0.1, 0.15) is 15.9 Å². The summed E-state index contributed by atoms with van der Waals surface area (Å²) < 4.78 is 15.3. The number of imidazole rings is 1. The van der Waals surface area contributed by atoms with Crippen LogP contribution in [0.4, 0.5) is 10.2 Å². The number of carbonyl (C=O) groups excluding carboxylic acids is 1. The molecular formula is C25H18FN3O. The van der Waals surface area contributed by atoms with Gasteiger partial charge < -0.3 is 5.32 Å². The quantitative estimate of drug-likeness (QED) is 0.416. The highest BCUT2D eigenvalue weighted by atomic mass is 19.1. The molecule has 5 rings (SSSR count). The van der Waals surface area contributed by atoms with E-state index in [1.807, 2.05) is 72.1 Å². The second-order valence-electron chi connectivity index (χ2n) is 7.26. The number of carbonyl (C=O) groups is 1. The molecule has 2 heterocycles. The molecule has 0 aliphatic rings. The fourth-order valence-corrected chi connectivity index (χ4v) is 3.59. The summed E-state index contributed by atoms with van der Waals surface area (Å²) in [5.74, 6) is 0.00126. The van der Waals surface area contributed by atoms with Gasteiger partial charge in [0.25, 0.3) is 5.91 Å². The van der Waals surface area contributed by atoms with E-state index in [9.17, 15) is 9.18 Å². The van der Waals surface area contributed by atoms with Crippen LogP contribution in [-0.2, 0) is 0 Å². The monoisotopic (exact) mass is 395 g/mol. The van der Waals surface area contributed by atoms with Crippen molar-refractivity contribution in [2.75, 3.05) is 5.32 Å². The first-order chi connectivity index (χ1) is 14.6. The minimum absolute atomic E-state index is 0.230. The third-order valence-corrected chi connectivity index (χ3v) is 5.14. The summed E-state index contributed by atoms with van der Waals surface area (Å²) in [5, 5.41) is 5.09. The molecule has 0 saturated heterocycles. The van der Waals surface area contributed by atoms with Gasteiger partial charge >= 0.3 is 0 Å². The first-order valence-electron chi connectivity index (χ1n) is 9.63. The zero-order valence-electron chi connectivity index (χ0n) is 16.3. The topological polar surface area (TPSA) is 46.4 Å². The van der Waals surface area contributed by atoms with Crippen molar-refractivity contribution >= 4 is 28.1 Å². The minimum atomic E-state index is -0.319. The van der Waals surface area contributed by atoms with Crippen LogP contribution in [-0.4, -0.2) is 15.3 Å². The van der Waals surface area contributed by atoms with E-state index in [1.165, 1.54) is 12.1 Å². The Balaban J connectivity index is 1.60. The molecule has 5 aromatic rings. The average Bonchev–Trinajstić information content (AvgIpc) is 3.11. The van der Waals surface area contributed by atoms with Crippen molar-refractivity contribution in [1.82, 2.24) is 9.38 Å². The number of nitrogens with zero attached hydrogens (tertiary/aromatic N) is 2. The van der Waals surface area contributed by atoms with Crippen molar-refractivity contribution in [1.29, 1.82) is 0 Å². The molecule has 5 heteroatoms. The number of pyridine rings is 1. The van der Waals surface area contributed by atoms with E-state index in [1.54, 1.807) is 12.1 Å². The Morgan fingerprint density at radius 3 is 2.50 bits per heavy atom. The summed E-state index contributed by atoms with van der Waals surface area (Å²) in [4.78, 5) is 17.8. The number of aryl methyl sites for hydroxylation is 1. The normalized spacial score (nSPS) is 11.1. The van der Waals surface area contributed by atoms with Crippen LogP contribution in [0.25, 0.3) is 27.7 Å². The summed E-state index contributed by atoms with van der Waals surface area (Å²) in [7, 11) is 0. The molecule has 2 aromatic heterocycles. The Hall–Kier alpha value is -3.99. The van der Waals surface area contributed by atoms with Crippen LogP contribution in [0.2, 0.25) is 0 Å². The van der Waals surface area contributed by atoms with Gasteiger partial charge in [-0.15, -0.1) is 0 Å². The van der Waals surface area contributed by atoms with Crippen LogP contribution < -0.4 is 5.32 Å². The molecule has 0 radical (unpaired) electrons. The number of aromatic nitrogens is 2. The SMILES string of the molecule is Cc1ccn2c(NC(=O)c3ccc4ccccc4c3)c(-c3ccc(F)cc3)nc2c1. The lowest BCUT2D eigenvalue weighted by atomic mass is 10.1. The molecule has 30 heavy (non-hydrogen) atoms. The number of anilines is 1. The fraction of sp³-hybridized carbons (Fsp3) is 0.0400. The standard InChI is InChI=1S/C25H18FN3O/c1-16-12-13-29-22(14-16)27-23(18-8-10-21(26)11-9-18)24(29)28-25(30)20-7-6-17-4-2-3-5-19(17)15-20/h2-15H,1H3,(H,28,30). The molecule has 0 unspecified atom stereocenters. The molecule has 0 saturated carbocycles. The first kappa shape index (κ1) is 18.1. The number of nitrogens with one attached hydrogen (secondary N) is 1. The number of hydrogen-bond donors (Lipinski definition) is 1. The predicted molar refractivity (Wildman–Crippen MR) is 117 cm³/mol. The molecule has 0 spiro atoms. The van der Waals surface area contributed by atoms with Crippen molar-refractivity contribution in [3.63, 3.8) is 0 Å². The first-order valence-corrected chi connectivity index (χ1v) is 9.63. The van der Waals surface area contributed by atoms with Gasteiger partial charge in [0.1, 0.15) is 23.0 Å². The predicted octanol–water partition coefficient (Wildman–Crippen LogP) is 5.85. The lowest BCUT2D eigenvalue weighted by molar-refractivity contribution is 0.102. The van der Waals surface area contributed by atoms with Gasteiger partial charge in [-0.1, -0.05) is 30.3 Å². The number of benzene rings is 3. The van der Waals surface area contributed by atoms with Gasteiger partial charge in [0.2, 0.25) is 0 Å². The van der Waals surface area contributed by atoms with Gasteiger partial charge in [-0.2, -0.15) is 0 Å². The molecule has 1 N–H and O–H groups in total. The maximum absolute atomic E-state index is 13.4. The third-order valence-electron chi connectivity index (χ3n) is 5.14. The Bertz CT molecular complexity index is 1400. The summed E-state index contributed by atoms with van der Waals surface area (Å²) >= 11 is 0. The summed E-state index contributed by atoms with van der Waals surface area (Å²) in [6.45, 7) is 1.99. The zero-order valence-corrected chi connectivity index (χ0v) is 16.3. The second-order valence-corrected chi connectivity index (χ2v) is 7.26. The highest BCUT2D eigenvalue weighted by molar-refractivity contribution is 6.07. The van der Waals surface area contributed by atoms with Gasteiger partial charge in [0.05, 0.1) is 0 Å². The maximum Gasteiger partial charge on any atom is 0.256 e. The van der Waals surface area contributed by atoms with Crippen molar-refractivity contribution < 1.29 is 9.18 Å². The van der Waals surface area contributed by atoms with Crippen LogP contribution in [0.5, 0.6) is 0 Å². The van der Waals surface area contributed by atoms with Crippen LogP contribution >= 0.6 is 0 Å². The molecule has 3 aromatic carbocycles. The van der Waals surface area contributed by atoms with Crippen LogP contribution in [0.3, 0.4) is 0 Å². The molecule has 0 aliphatic carbocycles. The van der Waals surface area contributed by atoms with Crippen molar-refractivity contribution in [3.8, 4) is 11.3 Å². The number of fused-ring (bicyclic) bond motifs is 2. The van der Waals surface area contributed by atoms with Crippen molar-refractivity contribution in [3.05, 3.63) is 102 Å². The van der Waals surface area contributed by atoms with Crippen molar-refractivity contribution in [2.24, 2.45) is 0 Å². The van der Waals surface area contributed by atoms with Gasteiger partial charge in [-0.25, -0.2) is 9.37 Å². The molecular weight excluding hydrogens is 377 g/mol. The number of rotatable bonds is 3. The number of halogens is 1. The van der Waals surface area contributed by atoms with Gasteiger partial charge in [-0.3, -0.25) is 9.20 Å². The van der Waals surface area contributed by atoms with E-state index >= 15 is 0 Å². The second kappa shape index (κ2) is 7.12. The minimum Gasteiger partial charge on any atom is -0.306 e. The summed E-state index contributed by atoms with van der Waals surface area (Å²) in [6.07, 6.45) is 1.88. The van der Waals surface area contributed by atoms with E-state index in [2.05, 4.69) is 5.32 Å². The Morgan fingerprint density at radius 2 is 1.70 bits per heavy atom. The van der Waals surface area contributed by atoms with Crippen LogP contribution in [0, 0.1) is 12.7 Å². The number of hydrogen-bond acceptors (Lipinski definition) is 2. The number of amides is 1. The highest BCUT2D eigenvalue weighted by Crippen LogP contribution is 2.30. The largest absolute Gasteiger partial charge is 0.306 e. The van der Waals surface area contributed by atoms with E-state index in [0.29, 0.717) is 22.7 Å². The molecule has 4 nitrogen and oxygen atoms in total. The summed E-state index contributed by atoms with van der Waals surface area (Å²) in [5.41, 5.74) is 3.65. The fourth-order valence-electron chi connectivity index (χ4n) is 3.59. The van der Waals surface area contributed by atoms with E-state index in [0.717, 1.165) is 21.9 Å². The molecule has 0 bridgehead atoms. The van der Waals surface area contributed by atoms with Gasteiger partial charge in [0, 0.05) is 17.3 Å². The molecule has 1 amide bonds. The smallest absolute Gasteiger partial charge is 0.256 e. The maximum atomic E-state index is 13.4. The average molecular weight is 395 g/mol. The Morgan fingerprint density at radius 1 is 0.933 bits per heavy atom. The molecule has 146 valence electrons. The van der Waals surface area contributed by atoms with E-state index in [-0.39, 0.29) is 11.7 Å². The Labute approximate surface area is 172 Å². The third kappa shape index (κ3) is 3.20. The zero-order chi connectivity index (χ0) is 20.7. The lowest BCUT2D eigenvalue weighted by Crippen LogP contribution is -2.14. The van der Waals surface area contributed by atoms with Crippen LogP contribution in [0.15, 0.2) is 85.1 Å².